The summed E-state index contributed by atoms with van der Waals surface area (Å²) >= 11 is 0. The third-order valence-electron chi connectivity index (χ3n) is 3.50. The first-order chi connectivity index (χ1) is 9.61. The standard InChI is InChI=1S/C15H21N3O2/c1-3-16-14(19)10(2)18-15(20)13-8-11-6-4-5-7-12(11)9-17-13/h4-7,10,13,17H,3,8-9H2,1-2H3,(H,16,19)(H,18,20)/t10?,13-/m0/s1. The Hall–Kier alpha value is -1.88. The zero-order valence-corrected chi connectivity index (χ0v) is 11.9. The van der Waals surface area contributed by atoms with Crippen LogP contribution in [0.3, 0.4) is 0 Å². The number of hydrogen-bond donors (Lipinski definition) is 3. The summed E-state index contributed by atoms with van der Waals surface area (Å²) < 4.78 is 0. The van der Waals surface area contributed by atoms with Gasteiger partial charge in [-0.25, -0.2) is 0 Å². The van der Waals surface area contributed by atoms with Gasteiger partial charge >= 0.3 is 0 Å². The molecule has 1 aromatic carbocycles. The summed E-state index contributed by atoms with van der Waals surface area (Å²) in [4.78, 5) is 23.8. The van der Waals surface area contributed by atoms with Crippen LogP contribution < -0.4 is 16.0 Å². The van der Waals surface area contributed by atoms with E-state index in [0.29, 0.717) is 19.5 Å². The summed E-state index contributed by atoms with van der Waals surface area (Å²) in [6.07, 6.45) is 0.657. The first kappa shape index (κ1) is 14.5. The highest BCUT2D eigenvalue weighted by molar-refractivity contribution is 5.89. The number of likely N-dealkylation sites (N-methyl/N-ethyl adjacent to an activating group) is 1. The van der Waals surface area contributed by atoms with Crippen LogP contribution in [0.2, 0.25) is 0 Å². The minimum atomic E-state index is -0.513. The minimum Gasteiger partial charge on any atom is -0.355 e. The summed E-state index contributed by atoms with van der Waals surface area (Å²) in [5, 5.41) is 8.65. The van der Waals surface area contributed by atoms with Gasteiger partial charge in [-0.3, -0.25) is 9.59 Å². The van der Waals surface area contributed by atoms with Crippen LogP contribution in [0.25, 0.3) is 0 Å². The molecule has 2 rings (SSSR count). The summed E-state index contributed by atoms with van der Waals surface area (Å²) in [5.74, 6) is -0.282. The van der Waals surface area contributed by atoms with E-state index < -0.39 is 6.04 Å². The molecule has 0 fully saturated rings. The average Bonchev–Trinajstić information content (AvgIpc) is 2.46. The molecule has 1 heterocycles. The maximum Gasteiger partial charge on any atom is 0.242 e. The quantitative estimate of drug-likeness (QED) is 0.742. The van der Waals surface area contributed by atoms with Crippen molar-refractivity contribution in [2.24, 2.45) is 0 Å². The summed E-state index contributed by atoms with van der Waals surface area (Å²) in [7, 11) is 0. The van der Waals surface area contributed by atoms with E-state index in [1.807, 2.05) is 25.1 Å². The van der Waals surface area contributed by atoms with Crippen molar-refractivity contribution in [2.45, 2.75) is 38.9 Å². The predicted octanol–water partition coefficient (Wildman–Crippen LogP) is 0.342. The van der Waals surface area contributed by atoms with Crippen molar-refractivity contribution in [2.75, 3.05) is 6.54 Å². The molecule has 0 bridgehead atoms. The molecule has 2 atom stereocenters. The van der Waals surface area contributed by atoms with Gasteiger partial charge in [-0.15, -0.1) is 0 Å². The van der Waals surface area contributed by atoms with Crippen LogP contribution >= 0.6 is 0 Å². The number of fused-ring (bicyclic) bond motifs is 1. The lowest BCUT2D eigenvalue weighted by Crippen LogP contribution is -2.53. The molecule has 1 aromatic rings. The molecule has 2 amide bonds. The number of amides is 2. The fourth-order valence-corrected chi connectivity index (χ4v) is 2.35. The Balaban J connectivity index is 1.93. The van der Waals surface area contributed by atoms with E-state index in [1.165, 1.54) is 11.1 Å². The Labute approximate surface area is 119 Å². The molecule has 0 radical (unpaired) electrons. The zero-order valence-electron chi connectivity index (χ0n) is 11.9. The van der Waals surface area contributed by atoms with E-state index in [0.717, 1.165) is 0 Å². The number of rotatable bonds is 4. The van der Waals surface area contributed by atoms with E-state index in [1.54, 1.807) is 6.92 Å². The molecule has 108 valence electrons. The predicted molar refractivity (Wildman–Crippen MR) is 77.1 cm³/mol. The van der Waals surface area contributed by atoms with Gasteiger partial charge < -0.3 is 16.0 Å². The molecular weight excluding hydrogens is 254 g/mol. The first-order valence-electron chi connectivity index (χ1n) is 7.00. The fourth-order valence-electron chi connectivity index (χ4n) is 2.35. The average molecular weight is 275 g/mol. The van der Waals surface area contributed by atoms with E-state index >= 15 is 0 Å². The molecular formula is C15H21N3O2. The first-order valence-corrected chi connectivity index (χ1v) is 7.00. The molecule has 0 aliphatic carbocycles. The Kier molecular flexibility index (Phi) is 4.74. The molecule has 0 spiro atoms. The van der Waals surface area contributed by atoms with Crippen LogP contribution in [0.4, 0.5) is 0 Å². The normalized spacial score (nSPS) is 18.8. The molecule has 5 nitrogen and oxygen atoms in total. The zero-order chi connectivity index (χ0) is 14.5. The SMILES string of the molecule is CCNC(=O)C(C)NC(=O)[C@@H]1Cc2ccccc2CN1. The van der Waals surface area contributed by atoms with Gasteiger partial charge in [0, 0.05) is 13.1 Å². The van der Waals surface area contributed by atoms with Gasteiger partial charge in [-0.2, -0.15) is 0 Å². The molecule has 1 aliphatic rings. The van der Waals surface area contributed by atoms with Gasteiger partial charge in [0.15, 0.2) is 0 Å². The highest BCUT2D eigenvalue weighted by atomic mass is 16.2. The van der Waals surface area contributed by atoms with Gasteiger partial charge in [-0.05, 0) is 31.4 Å². The van der Waals surface area contributed by atoms with Crippen LogP contribution in [-0.2, 0) is 22.6 Å². The number of benzene rings is 1. The third-order valence-corrected chi connectivity index (χ3v) is 3.50. The molecule has 5 heteroatoms. The van der Waals surface area contributed by atoms with Crippen molar-refractivity contribution in [1.82, 2.24) is 16.0 Å². The molecule has 1 aliphatic heterocycles. The lowest BCUT2D eigenvalue weighted by atomic mass is 9.95. The molecule has 0 saturated carbocycles. The van der Waals surface area contributed by atoms with Crippen LogP contribution in [0, 0.1) is 0 Å². The van der Waals surface area contributed by atoms with Crippen LogP contribution in [-0.4, -0.2) is 30.4 Å². The largest absolute Gasteiger partial charge is 0.355 e. The maximum atomic E-state index is 12.2. The van der Waals surface area contributed by atoms with Gasteiger partial charge in [0.25, 0.3) is 0 Å². The van der Waals surface area contributed by atoms with Gasteiger partial charge in [0.1, 0.15) is 6.04 Å². The number of nitrogens with one attached hydrogen (secondary N) is 3. The Morgan fingerprint density at radius 2 is 2.05 bits per heavy atom. The molecule has 3 N–H and O–H groups in total. The van der Waals surface area contributed by atoms with Gasteiger partial charge in [-0.1, -0.05) is 24.3 Å². The number of carbonyl (C=O) groups is 2. The van der Waals surface area contributed by atoms with Crippen LogP contribution in [0.1, 0.15) is 25.0 Å². The van der Waals surface area contributed by atoms with E-state index in [-0.39, 0.29) is 17.9 Å². The highest BCUT2D eigenvalue weighted by Gasteiger charge is 2.26. The van der Waals surface area contributed by atoms with E-state index in [2.05, 4.69) is 22.0 Å². The lowest BCUT2D eigenvalue weighted by molar-refractivity contribution is -0.129. The Bertz CT molecular complexity index is 502. The van der Waals surface area contributed by atoms with Crippen molar-refractivity contribution < 1.29 is 9.59 Å². The Morgan fingerprint density at radius 1 is 1.35 bits per heavy atom. The molecule has 0 aromatic heterocycles. The van der Waals surface area contributed by atoms with E-state index in [9.17, 15) is 9.59 Å². The summed E-state index contributed by atoms with van der Waals surface area (Å²) in [6, 6.07) is 7.30. The lowest BCUT2D eigenvalue weighted by Gasteiger charge is -2.26. The van der Waals surface area contributed by atoms with Crippen molar-refractivity contribution in [3.63, 3.8) is 0 Å². The molecule has 1 unspecified atom stereocenters. The summed E-state index contributed by atoms with van der Waals surface area (Å²) in [5.41, 5.74) is 2.42. The summed E-state index contributed by atoms with van der Waals surface area (Å²) in [6.45, 7) is 4.80. The third kappa shape index (κ3) is 3.36. The number of carbonyl (C=O) groups excluding carboxylic acids is 2. The van der Waals surface area contributed by atoms with Crippen molar-refractivity contribution >= 4 is 11.8 Å². The van der Waals surface area contributed by atoms with Crippen molar-refractivity contribution in [3.05, 3.63) is 35.4 Å². The van der Waals surface area contributed by atoms with Crippen molar-refractivity contribution in [3.8, 4) is 0 Å². The number of hydrogen-bond acceptors (Lipinski definition) is 3. The second kappa shape index (κ2) is 6.52. The van der Waals surface area contributed by atoms with Gasteiger partial charge in [0.2, 0.25) is 11.8 Å². The monoisotopic (exact) mass is 275 g/mol. The fraction of sp³-hybridized carbons (Fsp3) is 0.467. The Morgan fingerprint density at radius 3 is 2.75 bits per heavy atom. The minimum absolute atomic E-state index is 0.127. The molecule has 20 heavy (non-hydrogen) atoms. The highest BCUT2D eigenvalue weighted by Crippen LogP contribution is 2.16. The van der Waals surface area contributed by atoms with Crippen molar-refractivity contribution in [1.29, 1.82) is 0 Å². The topological polar surface area (TPSA) is 70.2 Å². The second-order valence-corrected chi connectivity index (χ2v) is 5.03. The smallest absolute Gasteiger partial charge is 0.242 e. The maximum absolute atomic E-state index is 12.2. The second-order valence-electron chi connectivity index (χ2n) is 5.03. The van der Waals surface area contributed by atoms with E-state index in [4.69, 9.17) is 0 Å². The van der Waals surface area contributed by atoms with Gasteiger partial charge in [0.05, 0.1) is 6.04 Å². The van der Waals surface area contributed by atoms with Crippen LogP contribution in [0.5, 0.6) is 0 Å². The molecule has 0 saturated heterocycles. The van der Waals surface area contributed by atoms with Crippen LogP contribution in [0.15, 0.2) is 24.3 Å².